The fourth-order valence-electron chi connectivity index (χ4n) is 2.49. The number of hydrogen-bond donors (Lipinski definition) is 0. The maximum atomic E-state index is 12.3. The highest BCUT2D eigenvalue weighted by atomic mass is 16.5. The fourth-order valence-corrected chi connectivity index (χ4v) is 2.49. The molecule has 1 aliphatic carbocycles. The van der Waals surface area contributed by atoms with Crippen LogP contribution in [0.15, 0.2) is 24.0 Å². The summed E-state index contributed by atoms with van der Waals surface area (Å²) in [5, 5.41) is 0. The molecule has 0 N–H and O–H groups in total. The number of ether oxygens (including phenoxy) is 2. The van der Waals surface area contributed by atoms with Gasteiger partial charge in [0.1, 0.15) is 5.76 Å². The lowest BCUT2D eigenvalue weighted by Gasteiger charge is -2.22. The van der Waals surface area contributed by atoms with Crippen molar-refractivity contribution in [2.75, 3.05) is 27.3 Å². The molecule has 0 aromatic rings. The van der Waals surface area contributed by atoms with Crippen molar-refractivity contribution >= 4 is 11.9 Å². The zero-order chi connectivity index (χ0) is 13.8. The fraction of sp³-hybridized carbons (Fsp3) is 0.571. The molecular weight excluding hydrogens is 246 g/mol. The second-order valence-electron chi connectivity index (χ2n) is 4.80. The number of allylic oxidation sites excluding steroid dienone is 2. The van der Waals surface area contributed by atoms with Crippen LogP contribution >= 0.6 is 0 Å². The molecule has 2 rings (SSSR count). The van der Waals surface area contributed by atoms with Crippen LogP contribution in [-0.2, 0) is 19.1 Å². The first-order chi connectivity index (χ1) is 9.15. The lowest BCUT2D eigenvalue weighted by molar-refractivity contribution is -0.145. The van der Waals surface area contributed by atoms with Gasteiger partial charge in [-0.05, 0) is 25.0 Å². The van der Waals surface area contributed by atoms with Crippen molar-refractivity contribution in [3.8, 4) is 0 Å². The molecule has 104 valence electrons. The van der Waals surface area contributed by atoms with Crippen molar-refractivity contribution in [2.24, 2.45) is 11.8 Å². The average molecular weight is 265 g/mol. The van der Waals surface area contributed by atoms with E-state index in [9.17, 15) is 9.59 Å². The molecule has 1 fully saturated rings. The van der Waals surface area contributed by atoms with Gasteiger partial charge in [-0.15, -0.1) is 0 Å². The summed E-state index contributed by atoms with van der Waals surface area (Å²) in [4.78, 5) is 25.5. The van der Waals surface area contributed by atoms with Crippen LogP contribution in [0.1, 0.15) is 12.8 Å². The molecule has 19 heavy (non-hydrogen) atoms. The standard InChI is InChI=1S/C14H19NO4/c1-18-12-5-3-10(4-6-12)13(16)15-8-7-11(9-15)14(17)19-2/h3,5-6,10-11H,4,7-9H2,1-2H3. The molecule has 2 aliphatic rings. The minimum atomic E-state index is -0.226. The predicted molar refractivity (Wildman–Crippen MR) is 69.0 cm³/mol. The number of amides is 1. The van der Waals surface area contributed by atoms with E-state index < -0.39 is 0 Å². The van der Waals surface area contributed by atoms with Gasteiger partial charge in [-0.3, -0.25) is 9.59 Å². The highest BCUT2D eigenvalue weighted by molar-refractivity contribution is 5.83. The van der Waals surface area contributed by atoms with Crippen molar-refractivity contribution in [3.63, 3.8) is 0 Å². The van der Waals surface area contributed by atoms with E-state index in [1.807, 2.05) is 18.2 Å². The van der Waals surface area contributed by atoms with Crippen LogP contribution in [0.2, 0.25) is 0 Å². The first-order valence-electron chi connectivity index (χ1n) is 6.44. The molecule has 0 aromatic heterocycles. The zero-order valence-corrected chi connectivity index (χ0v) is 11.3. The summed E-state index contributed by atoms with van der Waals surface area (Å²) in [6, 6.07) is 0. The van der Waals surface area contributed by atoms with E-state index in [2.05, 4.69) is 0 Å². The Morgan fingerprint density at radius 2 is 2.16 bits per heavy atom. The Morgan fingerprint density at radius 1 is 1.37 bits per heavy atom. The summed E-state index contributed by atoms with van der Waals surface area (Å²) in [5.41, 5.74) is 0. The Labute approximate surface area is 112 Å². The smallest absolute Gasteiger partial charge is 0.310 e. The van der Waals surface area contributed by atoms with Crippen LogP contribution in [-0.4, -0.2) is 44.1 Å². The third-order valence-corrected chi connectivity index (χ3v) is 3.65. The van der Waals surface area contributed by atoms with Gasteiger partial charge >= 0.3 is 5.97 Å². The Morgan fingerprint density at radius 3 is 2.74 bits per heavy atom. The lowest BCUT2D eigenvalue weighted by Crippen LogP contribution is -2.35. The molecule has 0 spiro atoms. The molecule has 0 bridgehead atoms. The summed E-state index contributed by atoms with van der Waals surface area (Å²) in [7, 11) is 2.99. The van der Waals surface area contributed by atoms with E-state index >= 15 is 0 Å². The SMILES string of the molecule is COC(=O)C1CCN(C(=O)C2C=CC(OC)=CC2)C1. The number of esters is 1. The molecule has 2 unspecified atom stereocenters. The van der Waals surface area contributed by atoms with Gasteiger partial charge in [0.05, 0.1) is 26.1 Å². The van der Waals surface area contributed by atoms with Gasteiger partial charge in [0.25, 0.3) is 0 Å². The topological polar surface area (TPSA) is 55.8 Å². The minimum Gasteiger partial charge on any atom is -0.497 e. The molecule has 0 radical (unpaired) electrons. The molecule has 0 aromatic carbocycles. The summed E-state index contributed by atoms with van der Waals surface area (Å²) in [6.45, 7) is 1.10. The van der Waals surface area contributed by atoms with Crippen LogP contribution in [0.4, 0.5) is 0 Å². The van der Waals surface area contributed by atoms with Crippen LogP contribution in [0.3, 0.4) is 0 Å². The van der Waals surface area contributed by atoms with E-state index in [0.29, 0.717) is 25.9 Å². The quantitative estimate of drug-likeness (QED) is 0.717. The number of carbonyl (C=O) groups is 2. The molecule has 1 aliphatic heterocycles. The maximum Gasteiger partial charge on any atom is 0.310 e. The monoisotopic (exact) mass is 265 g/mol. The summed E-state index contributed by atoms with van der Waals surface area (Å²) in [5.74, 6) is 0.324. The van der Waals surface area contributed by atoms with Crippen LogP contribution in [0.5, 0.6) is 0 Å². The van der Waals surface area contributed by atoms with Gasteiger partial charge in [-0.2, -0.15) is 0 Å². The van der Waals surface area contributed by atoms with Gasteiger partial charge in [-0.25, -0.2) is 0 Å². The van der Waals surface area contributed by atoms with Gasteiger partial charge in [-0.1, -0.05) is 6.08 Å². The highest BCUT2D eigenvalue weighted by Crippen LogP contribution is 2.24. The maximum absolute atomic E-state index is 12.3. The molecule has 5 heteroatoms. The number of nitrogens with zero attached hydrogens (tertiary/aromatic N) is 1. The molecule has 1 amide bonds. The third-order valence-electron chi connectivity index (χ3n) is 3.65. The summed E-state index contributed by atoms with van der Waals surface area (Å²) >= 11 is 0. The largest absolute Gasteiger partial charge is 0.497 e. The van der Waals surface area contributed by atoms with E-state index in [0.717, 1.165) is 5.76 Å². The van der Waals surface area contributed by atoms with Gasteiger partial charge < -0.3 is 14.4 Å². The van der Waals surface area contributed by atoms with Crippen LogP contribution < -0.4 is 0 Å². The van der Waals surface area contributed by atoms with E-state index in [1.54, 1.807) is 12.0 Å². The second-order valence-corrected chi connectivity index (χ2v) is 4.80. The molecule has 5 nitrogen and oxygen atoms in total. The van der Waals surface area contributed by atoms with Crippen LogP contribution in [0, 0.1) is 11.8 Å². The molecular formula is C14H19NO4. The number of carbonyl (C=O) groups excluding carboxylic acids is 2. The Hall–Kier alpha value is -1.78. The second kappa shape index (κ2) is 5.91. The van der Waals surface area contributed by atoms with Gasteiger partial charge in [0.15, 0.2) is 0 Å². The lowest BCUT2D eigenvalue weighted by atomic mass is 9.98. The summed E-state index contributed by atoms with van der Waals surface area (Å²) < 4.78 is 9.82. The van der Waals surface area contributed by atoms with Crippen molar-refractivity contribution < 1.29 is 19.1 Å². The summed E-state index contributed by atoms with van der Waals surface area (Å²) in [6.07, 6.45) is 6.94. The van der Waals surface area contributed by atoms with Crippen molar-refractivity contribution in [2.45, 2.75) is 12.8 Å². The van der Waals surface area contributed by atoms with E-state index in [-0.39, 0.29) is 23.7 Å². The Bertz CT molecular complexity index is 427. The normalized spacial score (nSPS) is 26.0. The third kappa shape index (κ3) is 2.97. The molecule has 1 saturated heterocycles. The van der Waals surface area contributed by atoms with Gasteiger partial charge in [0, 0.05) is 13.1 Å². The Kier molecular flexibility index (Phi) is 4.24. The zero-order valence-electron chi connectivity index (χ0n) is 11.3. The number of rotatable bonds is 3. The number of methoxy groups -OCH3 is 2. The number of hydrogen-bond acceptors (Lipinski definition) is 4. The van der Waals surface area contributed by atoms with Crippen molar-refractivity contribution in [1.29, 1.82) is 0 Å². The number of likely N-dealkylation sites (tertiary alicyclic amines) is 1. The molecule has 2 atom stereocenters. The minimum absolute atomic E-state index is 0.0778. The molecule has 1 heterocycles. The van der Waals surface area contributed by atoms with E-state index in [4.69, 9.17) is 9.47 Å². The first-order valence-corrected chi connectivity index (χ1v) is 6.44. The highest BCUT2D eigenvalue weighted by Gasteiger charge is 2.34. The predicted octanol–water partition coefficient (Wildman–Crippen LogP) is 1.11. The molecule has 0 saturated carbocycles. The van der Waals surface area contributed by atoms with E-state index in [1.165, 1.54) is 7.11 Å². The van der Waals surface area contributed by atoms with Crippen molar-refractivity contribution in [1.82, 2.24) is 4.90 Å². The van der Waals surface area contributed by atoms with Gasteiger partial charge in [0.2, 0.25) is 5.91 Å². The Balaban J connectivity index is 1.91. The van der Waals surface area contributed by atoms with Crippen molar-refractivity contribution in [3.05, 3.63) is 24.0 Å². The first kappa shape index (κ1) is 13.6. The average Bonchev–Trinajstić information content (AvgIpc) is 2.95. The van der Waals surface area contributed by atoms with Crippen LogP contribution in [0.25, 0.3) is 0 Å².